The fourth-order valence-corrected chi connectivity index (χ4v) is 6.73. The number of rotatable bonds is 8. The third-order valence-corrected chi connectivity index (χ3v) is 8.72. The summed E-state index contributed by atoms with van der Waals surface area (Å²) in [4.78, 5) is 41.8. The molecule has 1 atom stereocenters. The maximum absolute atomic E-state index is 14.2. The fourth-order valence-electron chi connectivity index (χ4n) is 4.81. The molecule has 0 saturated heterocycles. The van der Waals surface area contributed by atoms with Crippen LogP contribution in [0.2, 0.25) is 5.02 Å². The van der Waals surface area contributed by atoms with Crippen LogP contribution < -0.4 is 19.6 Å². The molecule has 3 aromatic heterocycles. The van der Waals surface area contributed by atoms with Crippen LogP contribution in [0, 0.1) is 6.92 Å². The standard InChI is InChI=1S/C32H25ClN4O5S2/c1-4-41-30(39)26-27(19-8-6-5-7-9-19)36-32-37(28(26)22-16-20(33)10-12-23(22)40-3)29(38)24(43-32)17-21-11-13-25(42-21)44-31-34-15-14-18(2)35-31/h5-17,28H,4H2,1-3H3/b24-17-/t28-/m0/s1. The van der Waals surface area contributed by atoms with Crippen molar-refractivity contribution in [2.24, 2.45) is 4.99 Å². The Morgan fingerprint density at radius 2 is 1.98 bits per heavy atom. The molecule has 1 aliphatic rings. The van der Waals surface area contributed by atoms with Crippen molar-refractivity contribution < 1.29 is 18.7 Å². The first-order valence-corrected chi connectivity index (χ1v) is 15.6. The Hall–Kier alpha value is -4.45. The van der Waals surface area contributed by atoms with Crippen molar-refractivity contribution in [2.45, 2.75) is 30.1 Å². The van der Waals surface area contributed by atoms with Crippen LogP contribution in [0.5, 0.6) is 5.75 Å². The highest BCUT2D eigenvalue weighted by atomic mass is 35.5. The van der Waals surface area contributed by atoms with Gasteiger partial charge in [-0.3, -0.25) is 9.36 Å². The summed E-state index contributed by atoms with van der Waals surface area (Å²) >= 11 is 8.93. The number of carbonyl (C=O) groups is 1. The third kappa shape index (κ3) is 5.86. The van der Waals surface area contributed by atoms with Crippen LogP contribution >= 0.6 is 34.7 Å². The van der Waals surface area contributed by atoms with Crippen LogP contribution in [0.15, 0.2) is 103 Å². The maximum atomic E-state index is 14.2. The number of furan rings is 1. The van der Waals surface area contributed by atoms with Gasteiger partial charge in [-0.15, -0.1) is 0 Å². The average Bonchev–Trinajstić information content (AvgIpc) is 3.59. The highest BCUT2D eigenvalue weighted by Crippen LogP contribution is 2.39. The van der Waals surface area contributed by atoms with E-state index in [1.165, 1.54) is 34.8 Å². The van der Waals surface area contributed by atoms with Gasteiger partial charge in [0.15, 0.2) is 15.1 Å². The Labute approximate surface area is 265 Å². The summed E-state index contributed by atoms with van der Waals surface area (Å²) in [5, 5.41) is 1.55. The number of nitrogens with zero attached hydrogens (tertiary/aromatic N) is 4. The molecule has 44 heavy (non-hydrogen) atoms. The summed E-state index contributed by atoms with van der Waals surface area (Å²) in [6.45, 7) is 3.76. The number of carbonyl (C=O) groups excluding carboxylic acids is 1. The highest BCUT2D eigenvalue weighted by molar-refractivity contribution is 7.99. The minimum absolute atomic E-state index is 0.140. The molecule has 0 unspecified atom stereocenters. The minimum atomic E-state index is -0.933. The smallest absolute Gasteiger partial charge is 0.338 e. The van der Waals surface area contributed by atoms with Crippen molar-refractivity contribution in [2.75, 3.05) is 13.7 Å². The van der Waals surface area contributed by atoms with Crippen molar-refractivity contribution in [3.8, 4) is 5.75 Å². The summed E-state index contributed by atoms with van der Waals surface area (Å²) in [6, 6.07) is 18.9. The molecule has 6 rings (SSSR count). The van der Waals surface area contributed by atoms with Gasteiger partial charge < -0.3 is 13.9 Å². The van der Waals surface area contributed by atoms with Gasteiger partial charge in [-0.25, -0.2) is 19.8 Å². The van der Waals surface area contributed by atoms with Gasteiger partial charge in [0.2, 0.25) is 0 Å². The van der Waals surface area contributed by atoms with Crippen molar-refractivity contribution in [1.82, 2.24) is 14.5 Å². The normalized spacial score (nSPS) is 14.7. The zero-order valence-electron chi connectivity index (χ0n) is 23.8. The molecule has 0 aliphatic carbocycles. The number of aryl methyl sites for hydroxylation is 1. The second-order valence-electron chi connectivity index (χ2n) is 9.56. The average molecular weight is 645 g/mol. The molecular weight excluding hydrogens is 620 g/mol. The number of hydrogen-bond acceptors (Lipinski definition) is 10. The molecule has 0 saturated carbocycles. The zero-order chi connectivity index (χ0) is 30.8. The van der Waals surface area contributed by atoms with Crippen molar-refractivity contribution in [1.29, 1.82) is 0 Å². The van der Waals surface area contributed by atoms with Crippen LogP contribution in [-0.2, 0) is 9.53 Å². The molecular formula is C32H25ClN4O5S2. The quantitative estimate of drug-likeness (QED) is 0.162. The molecule has 4 heterocycles. The molecule has 5 aromatic rings. The van der Waals surface area contributed by atoms with Crippen LogP contribution in [0.3, 0.4) is 0 Å². The van der Waals surface area contributed by atoms with Crippen molar-refractivity contribution >= 4 is 52.4 Å². The molecule has 9 nitrogen and oxygen atoms in total. The van der Waals surface area contributed by atoms with Gasteiger partial charge in [-0.2, -0.15) is 0 Å². The van der Waals surface area contributed by atoms with Gasteiger partial charge in [-0.05, 0) is 62.0 Å². The molecule has 0 bridgehead atoms. The SMILES string of the molecule is CCOC(=O)C1=C(c2ccccc2)N=c2s/c(=C\c3ccc(Sc4nccc(C)n4)o3)c(=O)n2[C@H]1c1cc(Cl)ccc1OC. The van der Waals surface area contributed by atoms with E-state index in [0.29, 0.717) is 52.9 Å². The Balaban J connectivity index is 1.55. The number of esters is 1. The molecule has 0 spiro atoms. The number of methoxy groups -OCH3 is 1. The topological polar surface area (TPSA) is 109 Å². The molecule has 0 fully saturated rings. The summed E-state index contributed by atoms with van der Waals surface area (Å²) in [5.41, 5.74) is 2.31. The van der Waals surface area contributed by atoms with Gasteiger partial charge in [0.05, 0.1) is 29.5 Å². The van der Waals surface area contributed by atoms with Gasteiger partial charge in [0.1, 0.15) is 17.6 Å². The maximum Gasteiger partial charge on any atom is 0.338 e. The lowest BCUT2D eigenvalue weighted by Gasteiger charge is -2.27. The first-order valence-electron chi connectivity index (χ1n) is 13.6. The lowest BCUT2D eigenvalue weighted by molar-refractivity contribution is -0.138. The van der Waals surface area contributed by atoms with Crippen molar-refractivity contribution in [3.63, 3.8) is 0 Å². The van der Waals surface area contributed by atoms with E-state index in [4.69, 9.17) is 30.5 Å². The largest absolute Gasteiger partial charge is 0.496 e. The predicted molar refractivity (Wildman–Crippen MR) is 169 cm³/mol. The van der Waals surface area contributed by atoms with E-state index in [1.54, 1.807) is 49.5 Å². The van der Waals surface area contributed by atoms with Crippen LogP contribution in [-0.4, -0.2) is 34.2 Å². The van der Waals surface area contributed by atoms with E-state index >= 15 is 0 Å². The van der Waals surface area contributed by atoms with E-state index in [2.05, 4.69) is 9.97 Å². The first kappa shape index (κ1) is 29.6. The van der Waals surface area contributed by atoms with Crippen LogP contribution in [0.4, 0.5) is 0 Å². The Kier molecular flexibility index (Phi) is 8.51. The molecule has 222 valence electrons. The number of hydrogen-bond donors (Lipinski definition) is 0. The molecule has 0 N–H and O–H groups in total. The van der Waals surface area contributed by atoms with Gasteiger partial charge >= 0.3 is 5.97 Å². The van der Waals surface area contributed by atoms with E-state index in [0.717, 1.165) is 5.69 Å². The fraction of sp³-hybridized carbons (Fsp3) is 0.156. The Bertz CT molecular complexity index is 2090. The van der Waals surface area contributed by atoms with E-state index < -0.39 is 12.0 Å². The summed E-state index contributed by atoms with van der Waals surface area (Å²) < 4.78 is 19.1. The van der Waals surface area contributed by atoms with E-state index in [1.807, 2.05) is 43.3 Å². The molecule has 0 radical (unpaired) electrons. The summed E-state index contributed by atoms with van der Waals surface area (Å²) in [5.74, 6) is 0.328. The second kappa shape index (κ2) is 12.7. The number of aromatic nitrogens is 3. The lowest BCUT2D eigenvalue weighted by atomic mass is 9.92. The Morgan fingerprint density at radius 1 is 1.16 bits per heavy atom. The van der Waals surface area contributed by atoms with Crippen LogP contribution in [0.25, 0.3) is 11.8 Å². The number of ether oxygens (including phenoxy) is 2. The first-order chi connectivity index (χ1) is 21.4. The molecule has 1 aliphatic heterocycles. The zero-order valence-corrected chi connectivity index (χ0v) is 26.2. The summed E-state index contributed by atoms with van der Waals surface area (Å²) in [6.07, 6.45) is 3.35. The number of thiazole rings is 1. The summed E-state index contributed by atoms with van der Waals surface area (Å²) in [7, 11) is 1.52. The highest BCUT2D eigenvalue weighted by Gasteiger charge is 2.37. The molecule has 2 aromatic carbocycles. The van der Waals surface area contributed by atoms with Gasteiger partial charge in [0.25, 0.3) is 5.56 Å². The monoisotopic (exact) mass is 644 g/mol. The third-order valence-electron chi connectivity index (χ3n) is 6.70. The minimum Gasteiger partial charge on any atom is -0.496 e. The van der Waals surface area contributed by atoms with Crippen molar-refractivity contribution in [3.05, 3.63) is 126 Å². The number of benzene rings is 2. The predicted octanol–water partition coefficient (Wildman–Crippen LogP) is 5.44. The molecule has 0 amide bonds. The lowest BCUT2D eigenvalue weighted by Crippen LogP contribution is -2.40. The van der Waals surface area contributed by atoms with E-state index in [-0.39, 0.29) is 17.7 Å². The van der Waals surface area contributed by atoms with Gasteiger partial charge in [0, 0.05) is 34.1 Å². The Morgan fingerprint density at radius 3 is 2.73 bits per heavy atom. The van der Waals surface area contributed by atoms with Gasteiger partial charge in [-0.1, -0.05) is 53.3 Å². The molecule has 12 heteroatoms. The number of halogens is 1. The number of fused-ring (bicyclic) bond motifs is 1. The second-order valence-corrected chi connectivity index (χ2v) is 12.0. The van der Waals surface area contributed by atoms with E-state index in [9.17, 15) is 9.59 Å². The van der Waals surface area contributed by atoms with Crippen LogP contribution in [0.1, 0.15) is 35.5 Å².